The van der Waals surface area contributed by atoms with E-state index in [9.17, 15) is 14.0 Å². The summed E-state index contributed by atoms with van der Waals surface area (Å²) in [6.07, 6.45) is 0.0140. The van der Waals surface area contributed by atoms with Crippen LogP contribution in [0.15, 0.2) is 42.5 Å². The topological polar surface area (TPSA) is 49.4 Å². The first-order valence-corrected chi connectivity index (χ1v) is 7.42. The number of carbonyl (C=O) groups is 2. The fourth-order valence-electron chi connectivity index (χ4n) is 2.66. The molecule has 1 atom stereocenters. The molecule has 3 rings (SSSR count). The fourth-order valence-corrected chi connectivity index (χ4v) is 2.66. The molecule has 0 unspecified atom stereocenters. The first kappa shape index (κ1) is 15.2. The average Bonchev–Trinajstić information content (AvgIpc) is 2.78. The summed E-state index contributed by atoms with van der Waals surface area (Å²) in [5, 5.41) is 3.07. The second kappa shape index (κ2) is 5.83. The molecule has 2 aromatic rings. The highest BCUT2D eigenvalue weighted by atomic mass is 19.1. The van der Waals surface area contributed by atoms with Crippen molar-refractivity contribution in [2.45, 2.75) is 26.3 Å². The quantitative estimate of drug-likeness (QED) is 0.886. The van der Waals surface area contributed by atoms with Crippen molar-refractivity contribution in [3.63, 3.8) is 0 Å². The summed E-state index contributed by atoms with van der Waals surface area (Å²) in [6, 6.07) is 10.9. The van der Waals surface area contributed by atoms with Gasteiger partial charge in [0.25, 0.3) is 5.91 Å². The summed E-state index contributed by atoms with van der Waals surface area (Å²) in [5.41, 5.74) is 3.02. The van der Waals surface area contributed by atoms with Gasteiger partial charge in [0.1, 0.15) is 11.9 Å². The molecule has 0 aliphatic carbocycles. The molecule has 1 saturated heterocycles. The zero-order valence-electron chi connectivity index (χ0n) is 13.0. The highest BCUT2D eigenvalue weighted by molar-refractivity contribution is 6.23. The molecule has 0 aromatic heterocycles. The maximum absolute atomic E-state index is 13.9. The van der Waals surface area contributed by atoms with Gasteiger partial charge in [0.15, 0.2) is 0 Å². The van der Waals surface area contributed by atoms with E-state index in [0.717, 1.165) is 21.7 Å². The normalized spacial score (nSPS) is 17.7. The van der Waals surface area contributed by atoms with Gasteiger partial charge in [-0.3, -0.25) is 9.59 Å². The fraction of sp³-hybridized carbons (Fsp3) is 0.222. The van der Waals surface area contributed by atoms with Gasteiger partial charge in [0.05, 0.1) is 12.1 Å². The summed E-state index contributed by atoms with van der Waals surface area (Å²) in [7, 11) is 0. The molecule has 0 bridgehead atoms. The zero-order valence-corrected chi connectivity index (χ0v) is 13.0. The zero-order chi connectivity index (χ0) is 16.6. The standard InChI is InChI=1S/C18H17FN2O2/c1-11-7-8-13(9-12(11)2)20-15-10-17(22)21(18(15)23)16-6-4-3-5-14(16)19/h3-9,15,20H,10H2,1-2H3/t15-/m1/s1. The number of carbonyl (C=O) groups excluding carboxylic acids is 2. The second-order valence-corrected chi connectivity index (χ2v) is 5.72. The molecular formula is C18H17FN2O2. The van der Waals surface area contributed by atoms with Crippen LogP contribution in [0, 0.1) is 19.7 Å². The number of amides is 2. The minimum atomic E-state index is -0.677. The Labute approximate surface area is 133 Å². The van der Waals surface area contributed by atoms with Crippen LogP contribution in [0.4, 0.5) is 15.8 Å². The Bertz CT molecular complexity index is 788. The largest absolute Gasteiger partial charge is 0.373 e. The molecule has 1 heterocycles. The minimum absolute atomic E-state index is 0.00638. The van der Waals surface area contributed by atoms with Gasteiger partial charge in [-0.1, -0.05) is 18.2 Å². The lowest BCUT2D eigenvalue weighted by molar-refractivity contribution is -0.121. The number of hydrogen-bond donors (Lipinski definition) is 1. The van der Waals surface area contributed by atoms with Crippen LogP contribution in [0.25, 0.3) is 0 Å². The van der Waals surface area contributed by atoms with E-state index >= 15 is 0 Å². The lowest BCUT2D eigenvalue weighted by Gasteiger charge is -2.17. The number of halogens is 1. The van der Waals surface area contributed by atoms with E-state index in [0.29, 0.717) is 0 Å². The van der Waals surface area contributed by atoms with Crippen molar-refractivity contribution in [3.05, 3.63) is 59.4 Å². The molecule has 0 radical (unpaired) electrons. The van der Waals surface area contributed by atoms with Gasteiger partial charge in [-0.2, -0.15) is 0 Å². The van der Waals surface area contributed by atoms with Crippen LogP contribution in [0.5, 0.6) is 0 Å². The smallest absolute Gasteiger partial charge is 0.256 e. The van der Waals surface area contributed by atoms with E-state index in [1.54, 1.807) is 6.07 Å². The molecule has 1 aliphatic rings. The molecule has 1 aliphatic heterocycles. The van der Waals surface area contributed by atoms with Crippen LogP contribution in [0.2, 0.25) is 0 Å². The molecule has 4 nitrogen and oxygen atoms in total. The molecule has 1 fully saturated rings. The maximum atomic E-state index is 13.9. The molecule has 2 aromatic carbocycles. The Morgan fingerprint density at radius 2 is 1.83 bits per heavy atom. The van der Waals surface area contributed by atoms with Crippen LogP contribution in [-0.2, 0) is 9.59 Å². The van der Waals surface area contributed by atoms with Gasteiger partial charge < -0.3 is 5.32 Å². The summed E-state index contributed by atoms with van der Waals surface area (Å²) in [4.78, 5) is 25.6. The minimum Gasteiger partial charge on any atom is -0.373 e. The third kappa shape index (κ3) is 2.82. The first-order chi connectivity index (χ1) is 11.0. The lowest BCUT2D eigenvalue weighted by Crippen LogP contribution is -2.35. The number of aryl methyl sites for hydroxylation is 2. The van der Waals surface area contributed by atoms with Gasteiger partial charge in [-0.15, -0.1) is 0 Å². The number of imide groups is 1. The third-order valence-electron chi connectivity index (χ3n) is 4.09. The summed E-state index contributed by atoms with van der Waals surface area (Å²) < 4.78 is 13.9. The summed E-state index contributed by atoms with van der Waals surface area (Å²) in [5.74, 6) is -1.42. The van der Waals surface area contributed by atoms with Gasteiger partial charge in [0.2, 0.25) is 5.91 Å². The van der Waals surface area contributed by atoms with Crippen molar-refractivity contribution >= 4 is 23.2 Å². The van der Waals surface area contributed by atoms with E-state index in [-0.39, 0.29) is 12.1 Å². The van der Waals surface area contributed by atoms with Gasteiger partial charge in [-0.05, 0) is 49.2 Å². The average molecular weight is 312 g/mol. The number of nitrogens with one attached hydrogen (secondary N) is 1. The van der Waals surface area contributed by atoms with E-state index in [1.165, 1.54) is 18.2 Å². The SMILES string of the molecule is Cc1ccc(N[C@@H]2CC(=O)N(c3ccccc3F)C2=O)cc1C. The Morgan fingerprint density at radius 3 is 2.52 bits per heavy atom. The van der Waals surface area contributed by atoms with Crippen molar-refractivity contribution in [2.75, 3.05) is 10.2 Å². The number of hydrogen-bond acceptors (Lipinski definition) is 3. The second-order valence-electron chi connectivity index (χ2n) is 5.72. The van der Waals surface area contributed by atoms with Gasteiger partial charge >= 0.3 is 0 Å². The van der Waals surface area contributed by atoms with Gasteiger partial charge in [0, 0.05) is 5.69 Å². The molecule has 23 heavy (non-hydrogen) atoms. The third-order valence-corrected chi connectivity index (χ3v) is 4.09. The molecule has 118 valence electrons. The predicted molar refractivity (Wildman–Crippen MR) is 86.8 cm³/mol. The lowest BCUT2D eigenvalue weighted by atomic mass is 10.1. The van der Waals surface area contributed by atoms with E-state index < -0.39 is 23.7 Å². The number of nitrogens with zero attached hydrogens (tertiary/aromatic N) is 1. The summed E-state index contributed by atoms with van der Waals surface area (Å²) >= 11 is 0. The molecule has 5 heteroatoms. The Kier molecular flexibility index (Phi) is 3.86. The Morgan fingerprint density at radius 1 is 1.09 bits per heavy atom. The van der Waals surface area contributed by atoms with Crippen LogP contribution in [-0.4, -0.2) is 17.9 Å². The van der Waals surface area contributed by atoms with E-state index in [2.05, 4.69) is 5.32 Å². The summed E-state index contributed by atoms with van der Waals surface area (Å²) in [6.45, 7) is 3.98. The van der Waals surface area contributed by atoms with E-state index in [1.807, 2.05) is 32.0 Å². The number of benzene rings is 2. The monoisotopic (exact) mass is 312 g/mol. The van der Waals surface area contributed by atoms with Crippen LogP contribution < -0.4 is 10.2 Å². The maximum Gasteiger partial charge on any atom is 0.256 e. The van der Waals surface area contributed by atoms with Crippen molar-refractivity contribution in [2.24, 2.45) is 0 Å². The first-order valence-electron chi connectivity index (χ1n) is 7.42. The van der Waals surface area contributed by atoms with Crippen molar-refractivity contribution in [1.29, 1.82) is 0 Å². The molecular weight excluding hydrogens is 295 g/mol. The van der Waals surface area contributed by atoms with Crippen LogP contribution in [0.3, 0.4) is 0 Å². The number of rotatable bonds is 3. The molecule has 0 saturated carbocycles. The van der Waals surface area contributed by atoms with Gasteiger partial charge in [-0.25, -0.2) is 9.29 Å². The van der Waals surface area contributed by atoms with E-state index in [4.69, 9.17) is 0 Å². The highest BCUT2D eigenvalue weighted by Crippen LogP contribution is 2.27. The van der Waals surface area contributed by atoms with Crippen molar-refractivity contribution in [3.8, 4) is 0 Å². The van der Waals surface area contributed by atoms with Crippen molar-refractivity contribution in [1.82, 2.24) is 0 Å². The molecule has 2 amide bonds. The molecule has 1 N–H and O–H groups in total. The van der Waals surface area contributed by atoms with Crippen LogP contribution in [0.1, 0.15) is 17.5 Å². The Balaban J connectivity index is 1.84. The predicted octanol–water partition coefficient (Wildman–Crippen LogP) is 3.19. The van der Waals surface area contributed by atoms with Crippen molar-refractivity contribution < 1.29 is 14.0 Å². The Hall–Kier alpha value is -2.69. The highest BCUT2D eigenvalue weighted by Gasteiger charge is 2.40. The molecule has 0 spiro atoms. The number of para-hydroxylation sites is 1. The number of anilines is 2. The van der Waals surface area contributed by atoms with Crippen LogP contribution >= 0.6 is 0 Å².